The maximum Gasteiger partial charge on any atom is 0.312 e. The Hall–Kier alpha value is -3.03. The van der Waals surface area contributed by atoms with E-state index in [1.54, 1.807) is 18.2 Å². The van der Waals surface area contributed by atoms with E-state index in [4.69, 9.17) is 5.11 Å². The molecule has 0 aliphatic rings. The average molecular weight is 411 g/mol. The SMILES string of the molecule is C.C.C.CCCC(=O)c1cccc(C(=O)CCC(=O)NCNC(=O)CC(=O)O)c1. The Balaban J connectivity index is -0.00000225. The van der Waals surface area contributed by atoms with Gasteiger partial charge in [0.1, 0.15) is 6.42 Å². The summed E-state index contributed by atoms with van der Waals surface area (Å²) in [5, 5.41) is 13.0. The highest BCUT2D eigenvalue weighted by molar-refractivity contribution is 6.02. The first-order chi connectivity index (χ1) is 12.3. The summed E-state index contributed by atoms with van der Waals surface area (Å²) < 4.78 is 0. The van der Waals surface area contributed by atoms with Gasteiger partial charge in [-0.15, -0.1) is 0 Å². The van der Waals surface area contributed by atoms with Crippen LogP contribution in [-0.4, -0.2) is 41.1 Å². The molecule has 0 heterocycles. The number of Topliss-reactive ketones (excluding diaryl/α,β-unsaturated/α-hetero) is 2. The molecule has 3 N–H and O–H groups in total. The quantitative estimate of drug-likeness (QED) is 0.292. The van der Waals surface area contributed by atoms with Gasteiger partial charge in [0, 0.05) is 30.4 Å². The fraction of sp³-hybridized carbons (Fsp3) is 0.476. The number of carbonyl (C=O) groups excluding carboxylic acids is 4. The molecular weight excluding hydrogens is 376 g/mol. The van der Waals surface area contributed by atoms with E-state index in [0.29, 0.717) is 17.5 Å². The van der Waals surface area contributed by atoms with Crippen LogP contribution in [0.15, 0.2) is 24.3 Å². The zero-order valence-corrected chi connectivity index (χ0v) is 14.5. The number of hydrogen-bond acceptors (Lipinski definition) is 5. The molecule has 8 heteroatoms. The summed E-state index contributed by atoms with van der Waals surface area (Å²) in [4.78, 5) is 57.1. The number of carboxylic acid groups (broad SMARTS) is 1. The lowest BCUT2D eigenvalue weighted by Gasteiger charge is -2.07. The number of ketones is 2. The van der Waals surface area contributed by atoms with Crippen LogP contribution in [0.3, 0.4) is 0 Å². The van der Waals surface area contributed by atoms with Gasteiger partial charge >= 0.3 is 5.97 Å². The minimum atomic E-state index is -1.26. The van der Waals surface area contributed by atoms with E-state index in [-0.39, 0.29) is 53.4 Å². The molecule has 0 aliphatic carbocycles. The zero-order valence-electron chi connectivity index (χ0n) is 14.5. The molecule has 2 amide bonds. The molecular formula is C21H34N2O6. The number of hydrogen-bond donors (Lipinski definition) is 3. The molecule has 1 aromatic carbocycles. The minimum Gasteiger partial charge on any atom is -0.481 e. The van der Waals surface area contributed by atoms with Gasteiger partial charge in [0.15, 0.2) is 11.6 Å². The van der Waals surface area contributed by atoms with Gasteiger partial charge in [-0.3, -0.25) is 24.0 Å². The maximum absolute atomic E-state index is 12.2. The topological polar surface area (TPSA) is 130 Å². The fourth-order valence-electron chi connectivity index (χ4n) is 2.14. The van der Waals surface area contributed by atoms with E-state index in [1.165, 1.54) is 6.07 Å². The molecule has 0 aromatic heterocycles. The Morgan fingerprint density at radius 2 is 1.34 bits per heavy atom. The Kier molecular flexibility index (Phi) is 16.9. The van der Waals surface area contributed by atoms with E-state index in [0.717, 1.165) is 6.42 Å². The number of amides is 2. The molecule has 1 rings (SSSR count). The lowest BCUT2D eigenvalue weighted by atomic mass is 10.0. The van der Waals surface area contributed by atoms with Crippen molar-refractivity contribution >= 4 is 29.4 Å². The summed E-state index contributed by atoms with van der Waals surface area (Å²) in [6, 6.07) is 6.41. The molecule has 29 heavy (non-hydrogen) atoms. The molecule has 0 aliphatic heterocycles. The van der Waals surface area contributed by atoms with Gasteiger partial charge in [-0.1, -0.05) is 47.4 Å². The van der Waals surface area contributed by atoms with Gasteiger partial charge in [0.2, 0.25) is 11.8 Å². The van der Waals surface area contributed by atoms with Crippen LogP contribution in [0.1, 0.15) is 82.0 Å². The average Bonchev–Trinajstić information content (AvgIpc) is 2.59. The van der Waals surface area contributed by atoms with Crippen molar-refractivity contribution in [3.8, 4) is 0 Å². The molecule has 0 saturated carbocycles. The number of benzene rings is 1. The van der Waals surface area contributed by atoms with E-state index in [9.17, 15) is 24.0 Å². The highest BCUT2D eigenvalue weighted by Crippen LogP contribution is 2.11. The van der Waals surface area contributed by atoms with Crippen molar-refractivity contribution in [2.45, 2.75) is 61.3 Å². The summed E-state index contributed by atoms with van der Waals surface area (Å²) in [6.07, 6.45) is 0.330. The van der Waals surface area contributed by atoms with Crippen molar-refractivity contribution in [2.24, 2.45) is 0 Å². The first-order valence-corrected chi connectivity index (χ1v) is 8.25. The van der Waals surface area contributed by atoms with Crippen LogP contribution >= 0.6 is 0 Å². The smallest absolute Gasteiger partial charge is 0.312 e. The highest BCUT2D eigenvalue weighted by Gasteiger charge is 2.12. The Morgan fingerprint density at radius 1 is 0.828 bits per heavy atom. The molecule has 1 aromatic rings. The summed E-state index contributed by atoms with van der Waals surface area (Å²) in [5.41, 5.74) is 0.845. The third-order valence-corrected chi connectivity index (χ3v) is 3.45. The molecule has 0 spiro atoms. The van der Waals surface area contributed by atoms with Crippen molar-refractivity contribution in [3.63, 3.8) is 0 Å². The second-order valence-corrected chi connectivity index (χ2v) is 5.62. The Labute approximate surface area is 173 Å². The molecule has 8 nitrogen and oxygen atoms in total. The predicted octanol–water partition coefficient (Wildman–Crippen LogP) is 3.21. The van der Waals surface area contributed by atoms with E-state index in [1.807, 2.05) is 6.92 Å². The lowest BCUT2D eigenvalue weighted by Crippen LogP contribution is -2.38. The van der Waals surface area contributed by atoms with Crippen molar-refractivity contribution in [1.29, 1.82) is 0 Å². The lowest BCUT2D eigenvalue weighted by molar-refractivity contribution is -0.140. The zero-order chi connectivity index (χ0) is 19.5. The van der Waals surface area contributed by atoms with Gasteiger partial charge in [-0.05, 0) is 12.5 Å². The predicted molar refractivity (Wildman–Crippen MR) is 113 cm³/mol. The summed E-state index contributed by atoms with van der Waals surface area (Å²) in [6.45, 7) is 1.69. The van der Waals surface area contributed by atoms with Crippen molar-refractivity contribution in [1.82, 2.24) is 10.6 Å². The van der Waals surface area contributed by atoms with Gasteiger partial charge in [-0.2, -0.15) is 0 Å². The van der Waals surface area contributed by atoms with E-state index in [2.05, 4.69) is 10.6 Å². The molecule has 0 bridgehead atoms. The summed E-state index contributed by atoms with van der Waals surface area (Å²) in [7, 11) is 0. The standard InChI is InChI=1S/C18H22N2O6.3CH4/c1-2-4-14(21)12-5-3-6-13(9-12)15(22)7-8-16(23)19-11-20-17(24)10-18(25)26;;;/h3,5-6,9H,2,4,7-8,10-11H2,1H3,(H,19,23)(H,20,24)(H,25,26);3*1H4. The van der Waals surface area contributed by atoms with Crippen molar-refractivity contribution < 1.29 is 29.1 Å². The van der Waals surface area contributed by atoms with E-state index >= 15 is 0 Å². The molecule has 0 saturated heterocycles. The van der Waals surface area contributed by atoms with Crippen molar-refractivity contribution in [2.75, 3.05) is 6.67 Å². The molecule has 0 atom stereocenters. The first-order valence-electron chi connectivity index (χ1n) is 8.25. The summed E-state index contributed by atoms with van der Waals surface area (Å²) >= 11 is 0. The fourth-order valence-corrected chi connectivity index (χ4v) is 2.14. The number of carbonyl (C=O) groups is 5. The largest absolute Gasteiger partial charge is 0.481 e. The highest BCUT2D eigenvalue weighted by atomic mass is 16.4. The van der Waals surface area contributed by atoms with Crippen LogP contribution < -0.4 is 10.6 Å². The summed E-state index contributed by atoms with van der Waals surface area (Å²) in [5.74, 6) is -2.73. The van der Waals surface area contributed by atoms with E-state index < -0.39 is 24.2 Å². The third kappa shape index (κ3) is 12.1. The van der Waals surface area contributed by atoms with Crippen LogP contribution in [0.4, 0.5) is 0 Å². The molecule has 164 valence electrons. The Morgan fingerprint density at radius 3 is 1.86 bits per heavy atom. The number of nitrogens with one attached hydrogen (secondary N) is 2. The monoisotopic (exact) mass is 410 g/mol. The third-order valence-electron chi connectivity index (χ3n) is 3.45. The van der Waals surface area contributed by atoms with Crippen LogP contribution in [0.25, 0.3) is 0 Å². The second-order valence-electron chi connectivity index (χ2n) is 5.62. The Bertz CT molecular complexity index is 700. The van der Waals surface area contributed by atoms with Gasteiger partial charge < -0.3 is 15.7 Å². The van der Waals surface area contributed by atoms with Crippen LogP contribution in [0.5, 0.6) is 0 Å². The molecule has 0 unspecified atom stereocenters. The van der Waals surface area contributed by atoms with Crippen LogP contribution in [0.2, 0.25) is 0 Å². The number of carboxylic acids is 1. The van der Waals surface area contributed by atoms with Gasteiger partial charge in [0.25, 0.3) is 0 Å². The van der Waals surface area contributed by atoms with Gasteiger partial charge in [-0.25, -0.2) is 0 Å². The molecule has 0 fully saturated rings. The normalized spacial score (nSPS) is 9.00. The molecule has 0 radical (unpaired) electrons. The first kappa shape index (κ1) is 30.7. The minimum absolute atomic E-state index is 0. The van der Waals surface area contributed by atoms with Crippen LogP contribution in [-0.2, 0) is 14.4 Å². The van der Waals surface area contributed by atoms with Crippen molar-refractivity contribution in [3.05, 3.63) is 35.4 Å². The number of rotatable bonds is 11. The maximum atomic E-state index is 12.2. The van der Waals surface area contributed by atoms with Crippen LogP contribution in [0, 0.1) is 0 Å². The number of aliphatic carboxylic acids is 1. The second kappa shape index (κ2) is 16.0. The van der Waals surface area contributed by atoms with Gasteiger partial charge in [0.05, 0.1) is 6.67 Å².